The van der Waals surface area contributed by atoms with E-state index in [2.05, 4.69) is 15.0 Å². The first-order chi connectivity index (χ1) is 8.97. The summed E-state index contributed by atoms with van der Waals surface area (Å²) < 4.78 is 54.9. The Morgan fingerprint density at radius 2 is 2.11 bits per heavy atom. The second-order valence-corrected chi connectivity index (χ2v) is 4.03. The van der Waals surface area contributed by atoms with Crippen LogP contribution in [0, 0.1) is 5.82 Å². The van der Waals surface area contributed by atoms with Crippen molar-refractivity contribution in [2.45, 2.75) is 12.6 Å². The summed E-state index contributed by atoms with van der Waals surface area (Å²) >= 11 is 0. The van der Waals surface area contributed by atoms with Gasteiger partial charge < -0.3 is 10.1 Å². The molecule has 1 heterocycles. The van der Waals surface area contributed by atoms with Gasteiger partial charge in [-0.15, -0.1) is 0 Å². The van der Waals surface area contributed by atoms with Gasteiger partial charge in [0.25, 0.3) is 0 Å². The third kappa shape index (κ3) is 3.59. The third-order valence-corrected chi connectivity index (χ3v) is 2.50. The summed E-state index contributed by atoms with van der Waals surface area (Å²) in [5.41, 5.74) is -0.0496. The lowest BCUT2D eigenvalue weighted by Crippen LogP contribution is -2.31. The molecule has 1 aliphatic heterocycles. The Bertz CT molecular complexity index is 485. The molecular formula is C12H12F4N2O. The van der Waals surface area contributed by atoms with Crippen LogP contribution in [0.15, 0.2) is 23.2 Å². The highest BCUT2D eigenvalue weighted by Crippen LogP contribution is 2.25. The maximum atomic E-state index is 13.8. The summed E-state index contributed by atoms with van der Waals surface area (Å²) in [6, 6.07) is 3.76. The average Bonchev–Trinajstić information content (AvgIpc) is 2.36. The molecule has 0 aliphatic carbocycles. The van der Waals surface area contributed by atoms with E-state index in [0.717, 1.165) is 12.5 Å². The maximum absolute atomic E-state index is 13.8. The number of hydrogen-bond acceptors (Lipinski definition) is 3. The van der Waals surface area contributed by atoms with Crippen molar-refractivity contribution in [3.63, 3.8) is 0 Å². The predicted octanol–water partition coefficient (Wildman–Crippen LogP) is 2.51. The highest BCUT2D eigenvalue weighted by Gasteiger charge is 2.29. The lowest BCUT2D eigenvalue weighted by molar-refractivity contribution is -0.153. The molecule has 0 fully saturated rings. The first-order valence-corrected chi connectivity index (χ1v) is 5.74. The SMILES string of the molecule is Fc1cccc(OCC(F)(F)F)c1C1=NCCCN1. The fourth-order valence-electron chi connectivity index (χ4n) is 1.71. The Hall–Kier alpha value is -1.79. The quantitative estimate of drug-likeness (QED) is 0.861. The molecule has 0 atom stereocenters. The molecule has 104 valence electrons. The van der Waals surface area contributed by atoms with Crippen LogP contribution in [-0.4, -0.2) is 31.7 Å². The zero-order valence-electron chi connectivity index (χ0n) is 9.93. The summed E-state index contributed by atoms with van der Waals surface area (Å²) in [5.74, 6) is -0.583. The Labute approximate surface area is 107 Å². The van der Waals surface area contributed by atoms with E-state index < -0.39 is 18.6 Å². The van der Waals surface area contributed by atoms with Crippen molar-refractivity contribution in [1.29, 1.82) is 0 Å². The molecule has 3 nitrogen and oxygen atoms in total. The molecule has 0 spiro atoms. The van der Waals surface area contributed by atoms with E-state index in [1.54, 1.807) is 0 Å². The minimum absolute atomic E-state index is 0.0496. The van der Waals surface area contributed by atoms with Crippen LogP contribution < -0.4 is 10.1 Å². The molecule has 19 heavy (non-hydrogen) atoms. The van der Waals surface area contributed by atoms with E-state index in [4.69, 9.17) is 0 Å². The van der Waals surface area contributed by atoms with Gasteiger partial charge >= 0.3 is 6.18 Å². The van der Waals surface area contributed by atoms with Gasteiger partial charge in [-0.2, -0.15) is 13.2 Å². The average molecular weight is 276 g/mol. The van der Waals surface area contributed by atoms with Gasteiger partial charge in [-0.1, -0.05) is 6.07 Å². The molecule has 0 amide bonds. The fourth-order valence-corrected chi connectivity index (χ4v) is 1.71. The third-order valence-electron chi connectivity index (χ3n) is 2.50. The number of alkyl halides is 3. The summed E-state index contributed by atoms with van der Waals surface area (Å²) in [6.07, 6.45) is -3.66. The van der Waals surface area contributed by atoms with Gasteiger partial charge in [0.15, 0.2) is 6.61 Å². The number of nitrogens with one attached hydrogen (secondary N) is 1. The molecule has 1 N–H and O–H groups in total. The number of halogens is 4. The lowest BCUT2D eigenvalue weighted by Gasteiger charge is -2.18. The second kappa shape index (κ2) is 5.46. The molecule has 0 radical (unpaired) electrons. The van der Waals surface area contributed by atoms with Crippen LogP contribution in [0.2, 0.25) is 0 Å². The van der Waals surface area contributed by atoms with Crippen LogP contribution in [0.3, 0.4) is 0 Å². The highest BCUT2D eigenvalue weighted by atomic mass is 19.4. The molecule has 2 rings (SSSR count). The zero-order valence-corrected chi connectivity index (χ0v) is 9.93. The van der Waals surface area contributed by atoms with E-state index in [1.165, 1.54) is 12.1 Å². The van der Waals surface area contributed by atoms with Crippen LogP contribution in [0.5, 0.6) is 5.75 Å². The van der Waals surface area contributed by atoms with Gasteiger partial charge in [0.05, 0.1) is 5.56 Å². The topological polar surface area (TPSA) is 33.6 Å². The first-order valence-electron chi connectivity index (χ1n) is 5.74. The van der Waals surface area contributed by atoms with Gasteiger partial charge in [0.2, 0.25) is 0 Å². The molecular weight excluding hydrogens is 264 g/mol. The molecule has 1 aromatic carbocycles. The van der Waals surface area contributed by atoms with E-state index >= 15 is 0 Å². The van der Waals surface area contributed by atoms with Crippen LogP contribution in [-0.2, 0) is 0 Å². The predicted molar refractivity (Wildman–Crippen MR) is 62.0 cm³/mol. The van der Waals surface area contributed by atoms with Gasteiger partial charge in [-0.25, -0.2) is 4.39 Å². The van der Waals surface area contributed by atoms with Crippen molar-refractivity contribution in [3.8, 4) is 5.75 Å². The number of ether oxygens (including phenoxy) is 1. The number of rotatable bonds is 3. The number of nitrogens with zero attached hydrogens (tertiary/aromatic N) is 1. The van der Waals surface area contributed by atoms with Crippen molar-refractivity contribution in [2.75, 3.05) is 19.7 Å². The number of benzene rings is 1. The summed E-state index contributed by atoms with van der Waals surface area (Å²) in [5, 5.41) is 2.86. The molecule has 0 aromatic heterocycles. The molecule has 0 saturated heterocycles. The highest BCUT2D eigenvalue weighted by molar-refractivity contribution is 6.01. The maximum Gasteiger partial charge on any atom is 0.422 e. The Morgan fingerprint density at radius 1 is 1.32 bits per heavy atom. The van der Waals surface area contributed by atoms with Crippen molar-refractivity contribution in [1.82, 2.24) is 5.32 Å². The fraction of sp³-hybridized carbons (Fsp3) is 0.417. The van der Waals surface area contributed by atoms with E-state index in [-0.39, 0.29) is 17.1 Å². The molecule has 1 aliphatic rings. The second-order valence-electron chi connectivity index (χ2n) is 4.03. The van der Waals surface area contributed by atoms with Gasteiger partial charge in [0, 0.05) is 13.1 Å². The van der Waals surface area contributed by atoms with Gasteiger partial charge in [-0.3, -0.25) is 4.99 Å². The molecule has 0 saturated carbocycles. The number of amidine groups is 1. The normalized spacial score (nSPS) is 15.7. The first kappa shape index (κ1) is 13.6. The van der Waals surface area contributed by atoms with Crippen molar-refractivity contribution in [3.05, 3.63) is 29.6 Å². The van der Waals surface area contributed by atoms with Crippen molar-refractivity contribution < 1.29 is 22.3 Å². The summed E-state index contributed by atoms with van der Waals surface area (Å²) in [6.45, 7) is -0.349. The zero-order chi connectivity index (χ0) is 13.9. The van der Waals surface area contributed by atoms with Crippen molar-refractivity contribution >= 4 is 5.84 Å². The lowest BCUT2D eigenvalue weighted by atomic mass is 10.1. The van der Waals surface area contributed by atoms with Gasteiger partial charge in [0.1, 0.15) is 17.4 Å². The number of aliphatic imine (C=N–C) groups is 1. The Morgan fingerprint density at radius 3 is 2.74 bits per heavy atom. The summed E-state index contributed by atoms with van der Waals surface area (Å²) in [4.78, 5) is 4.07. The van der Waals surface area contributed by atoms with Crippen LogP contribution in [0.4, 0.5) is 17.6 Å². The molecule has 1 aromatic rings. The largest absolute Gasteiger partial charge is 0.483 e. The Kier molecular flexibility index (Phi) is 3.92. The molecule has 0 unspecified atom stereocenters. The smallest absolute Gasteiger partial charge is 0.422 e. The molecule has 7 heteroatoms. The van der Waals surface area contributed by atoms with Crippen LogP contribution in [0.1, 0.15) is 12.0 Å². The molecule has 0 bridgehead atoms. The van der Waals surface area contributed by atoms with Crippen LogP contribution in [0.25, 0.3) is 0 Å². The minimum Gasteiger partial charge on any atom is -0.483 e. The minimum atomic E-state index is -4.47. The number of hydrogen-bond donors (Lipinski definition) is 1. The van der Waals surface area contributed by atoms with Crippen LogP contribution >= 0.6 is 0 Å². The van der Waals surface area contributed by atoms with Gasteiger partial charge in [-0.05, 0) is 18.6 Å². The summed E-state index contributed by atoms with van der Waals surface area (Å²) in [7, 11) is 0. The monoisotopic (exact) mass is 276 g/mol. The standard InChI is InChI=1S/C12H12F4N2O/c13-8-3-1-4-9(19-7-12(14,15)16)10(8)11-17-5-2-6-18-11/h1,3-4H,2,5-7H2,(H,17,18). The van der Waals surface area contributed by atoms with E-state index in [0.29, 0.717) is 13.1 Å². The van der Waals surface area contributed by atoms with E-state index in [9.17, 15) is 17.6 Å². The Balaban J connectivity index is 2.28. The van der Waals surface area contributed by atoms with E-state index in [1.807, 2.05) is 0 Å². The van der Waals surface area contributed by atoms with Crippen molar-refractivity contribution in [2.24, 2.45) is 4.99 Å².